The molecule has 1 aromatic rings. The van der Waals surface area contributed by atoms with Crippen LogP contribution in [0.15, 0.2) is 18.6 Å². The minimum Gasteiger partial charge on any atom is -0.376 e. The first-order chi connectivity index (χ1) is 10.8. The zero-order valence-electron chi connectivity index (χ0n) is 13.5. The van der Waals surface area contributed by atoms with Crippen LogP contribution in [0.5, 0.6) is 0 Å². The molecule has 0 aliphatic carbocycles. The van der Waals surface area contributed by atoms with Gasteiger partial charge in [0.2, 0.25) is 0 Å². The van der Waals surface area contributed by atoms with Gasteiger partial charge in [-0.25, -0.2) is 0 Å². The zero-order valence-corrected chi connectivity index (χ0v) is 13.5. The Balaban J connectivity index is 1.40. The summed E-state index contributed by atoms with van der Waals surface area (Å²) in [5.41, 5.74) is 1.05. The van der Waals surface area contributed by atoms with Gasteiger partial charge < -0.3 is 9.47 Å². The van der Waals surface area contributed by atoms with Crippen molar-refractivity contribution in [2.45, 2.75) is 57.3 Å². The third-order valence-corrected chi connectivity index (χ3v) is 4.83. The van der Waals surface area contributed by atoms with E-state index >= 15 is 0 Å². The second-order valence-corrected chi connectivity index (χ2v) is 6.36. The predicted octanol–water partition coefficient (Wildman–Crippen LogP) is 2.59. The number of nitrogens with zero attached hydrogens (tertiary/aromatic N) is 3. The maximum absolute atomic E-state index is 6.08. The summed E-state index contributed by atoms with van der Waals surface area (Å²) in [6.07, 6.45) is 11.9. The number of likely N-dealkylation sites (tertiary alicyclic amines) is 1. The van der Waals surface area contributed by atoms with E-state index in [0.29, 0.717) is 18.2 Å². The summed E-state index contributed by atoms with van der Waals surface area (Å²) in [5.74, 6) is 0. The van der Waals surface area contributed by atoms with Gasteiger partial charge >= 0.3 is 0 Å². The van der Waals surface area contributed by atoms with Crippen molar-refractivity contribution in [3.8, 4) is 0 Å². The molecule has 2 aliphatic heterocycles. The average Bonchev–Trinajstić information content (AvgIpc) is 2.61. The molecule has 3 rings (SSSR count). The van der Waals surface area contributed by atoms with Crippen LogP contribution >= 0.6 is 0 Å². The van der Waals surface area contributed by atoms with Crippen molar-refractivity contribution in [1.29, 1.82) is 0 Å². The predicted molar refractivity (Wildman–Crippen MR) is 84.6 cm³/mol. The molecule has 22 heavy (non-hydrogen) atoms. The Kier molecular flexibility index (Phi) is 5.76. The molecule has 3 heterocycles. The lowest BCUT2D eigenvalue weighted by Crippen LogP contribution is -2.39. The minimum absolute atomic E-state index is 0.324. The van der Waals surface area contributed by atoms with E-state index in [1.54, 1.807) is 12.4 Å². The summed E-state index contributed by atoms with van der Waals surface area (Å²) < 4.78 is 11.8. The number of hydrogen-bond donors (Lipinski definition) is 0. The van der Waals surface area contributed by atoms with Crippen molar-refractivity contribution in [3.63, 3.8) is 0 Å². The lowest BCUT2D eigenvalue weighted by molar-refractivity contribution is -0.0769. The van der Waals surface area contributed by atoms with E-state index in [9.17, 15) is 0 Å². The second-order valence-electron chi connectivity index (χ2n) is 6.36. The summed E-state index contributed by atoms with van der Waals surface area (Å²) in [7, 11) is 0. The summed E-state index contributed by atoms with van der Waals surface area (Å²) in [5, 5.41) is 0. The lowest BCUT2D eigenvalue weighted by Gasteiger charge is -2.36. The van der Waals surface area contributed by atoms with Crippen molar-refractivity contribution in [3.05, 3.63) is 24.3 Å². The highest BCUT2D eigenvalue weighted by molar-refractivity contribution is 5.01. The SMILES string of the molecule is C[C@@H](c1cnccn1)N1CCC(OC[C@@H]2CCCCO2)CC1. The smallest absolute Gasteiger partial charge is 0.0808 e. The van der Waals surface area contributed by atoms with E-state index in [0.717, 1.165) is 51.3 Å². The molecule has 0 amide bonds. The van der Waals surface area contributed by atoms with E-state index in [4.69, 9.17) is 9.47 Å². The fourth-order valence-electron chi connectivity index (χ4n) is 3.33. The van der Waals surface area contributed by atoms with Crippen LogP contribution in [0.2, 0.25) is 0 Å². The molecule has 5 nitrogen and oxygen atoms in total. The fourth-order valence-corrected chi connectivity index (χ4v) is 3.33. The molecule has 5 heteroatoms. The van der Waals surface area contributed by atoms with Crippen LogP contribution in [0.3, 0.4) is 0 Å². The third-order valence-electron chi connectivity index (χ3n) is 4.83. The molecule has 1 aromatic heterocycles. The van der Waals surface area contributed by atoms with Gasteiger partial charge in [-0.2, -0.15) is 0 Å². The maximum Gasteiger partial charge on any atom is 0.0808 e. The Labute approximate surface area is 133 Å². The van der Waals surface area contributed by atoms with Crippen LogP contribution in [-0.4, -0.2) is 53.4 Å². The summed E-state index contributed by atoms with van der Waals surface area (Å²) >= 11 is 0. The monoisotopic (exact) mass is 305 g/mol. The van der Waals surface area contributed by atoms with E-state index in [2.05, 4.69) is 21.8 Å². The Hall–Kier alpha value is -1.04. The topological polar surface area (TPSA) is 47.5 Å². The average molecular weight is 305 g/mol. The number of ether oxygens (including phenoxy) is 2. The quantitative estimate of drug-likeness (QED) is 0.837. The van der Waals surface area contributed by atoms with Gasteiger partial charge in [-0.15, -0.1) is 0 Å². The molecule has 2 aliphatic rings. The first-order valence-electron chi connectivity index (χ1n) is 8.56. The largest absolute Gasteiger partial charge is 0.376 e. The molecular formula is C17H27N3O2. The van der Waals surface area contributed by atoms with Gasteiger partial charge in [-0.05, 0) is 39.0 Å². The molecule has 0 N–H and O–H groups in total. The highest BCUT2D eigenvalue weighted by Crippen LogP contribution is 2.24. The number of hydrogen-bond acceptors (Lipinski definition) is 5. The molecular weight excluding hydrogens is 278 g/mol. The van der Waals surface area contributed by atoms with Crippen LogP contribution < -0.4 is 0 Å². The van der Waals surface area contributed by atoms with Gasteiger partial charge in [-0.1, -0.05) is 0 Å². The van der Waals surface area contributed by atoms with Crippen LogP contribution in [0.25, 0.3) is 0 Å². The number of rotatable bonds is 5. The van der Waals surface area contributed by atoms with Gasteiger partial charge in [-0.3, -0.25) is 14.9 Å². The minimum atomic E-state index is 0.324. The molecule has 0 radical (unpaired) electrons. The fraction of sp³-hybridized carbons (Fsp3) is 0.765. The van der Waals surface area contributed by atoms with Crippen LogP contribution in [0, 0.1) is 0 Å². The molecule has 2 fully saturated rings. The molecule has 122 valence electrons. The molecule has 0 spiro atoms. The Morgan fingerprint density at radius 1 is 1.27 bits per heavy atom. The van der Waals surface area contributed by atoms with Crippen molar-refractivity contribution >= 4 is 0 Å². The third kappa shape index (κ3) is 4.24. The van der Waals surface area contributed by atoms with Crippen molar-refractivity contribution < 1.29 is 9.47 Å². The van der Waals surface area contributed by atoms with E-state index in [-0.39, 0.29) is 0 Å². The lowest BCUT2D eigenvalue weighted by atomic mass is 10.0. The Morgan fingerprint density at radius 2 is 2.14 bits per heavy atom. The normalized spacial score (nSPS) is 26.0. The molecule has 2 saturated heterocycles. The van der Waals surface area contributed by atoms with E-state index in [1.165, 1.54) is 12.8 Å². The first kappa shape index (κ1) is 15.8. The van der Waals surface area contributed by atoms with Gasteiger partial charge in [0.05, 0.1) is 30.6 Å². The molecule has 0 saturated carbocycles. The Bertz CT molecular complexity index is 429. The van der Waals surface area contributed by atoms with E-state index in [1.807, 2.05) is 6.20 Å². The summed E-state index contributed by atoms with van der Waals surface area (Å²) in [4.78, 5) is 11.1. The molecule has 0 aromatic carbocycles. The van der Waals surface area contributed by atoms with Crippen molar-refractivity contribution in [1.82, 2.24) is 14.9 Å². The van der Waals surface area contributed by atoms with Gasteiger partial charge in [0.15, 0.2) is 0 Å². The van der Waals surface area contributed by atoms with Crippen molar-refractivity contribution in [2.75, 3.05) is 26.3 Å². The zero-order chi connectivity index (χ0) is 15.2. The number of piperidine rings is 1. The van der Waals surface area contributed by atoms with Gasteiger partial charge in [0.1, 0.15) is 0 Å². The molecule has 0 unspecified atom stereocenters. The first-order valence-corrected chi connectivity index (χ1v) is 8.56. The highest BCUT2D eigenvalue weighted by Gasteiger charge is 2.25. The summed E-state index contributed by atoms with van der Waals surface area (Å²) in [6.45, 7) is 6.01. The maximum atomic E-state index is 6.08. The second kappa shape index (κ2) is 7.99. The summed E-state index contributed by atoms with van der Waals surface area (Å²) in [6, 6.07) is 0.330. The molecule has 0 bridgehead atoms. The van der Waals surface area contributed by atoms with Gasteiger partial charge in [0, 0.05) is 38.3 Å². The highest BCUT2D eigenvalue weighted by atomic mass is 16.5. The van der Waals surface area contributed by atoms with Crippen LogP contribution in [0.4, 0.5) is 0 Å². The van der Waals surface area contributed by atoms with E-state index < -0.39 is 0 Å². The number of aromatic nitrogens is 2. The standard InChI is InChI=1S/C17H27N3O2/c1-14(17-12-18-7-8-19-17)20-9-5-15(6-10-20)22-13-16-4-2-3-11-21-16/h7-8,12,14-16H,2-6,9-11,13H2,1H3/t14-,16-/m0/s1. The molecule has 2 atom stereocenters. The van der Waals surface area contributed by atoms with Crippen LogP contribution in [0.1, 0.15) is 50.8 Å². The Morgan fingerprint density at radius 3 is 2.82 bits per heavy atom. The van der Waals surface area contributed by atoms with Crippen LogP contribution in [-0.2, 0) is 9.47 Å². The van der Waals surface area contributed by atoms with Gasteiger partial charge in [0.25, 0.3) is 0 Å². The van der Waals surface area contributed by atoms with Crippen molar-refractivity contribution in [2.24, 2.45) is 0 Å².